The van der Waals surface area contributed by atoms with Crippen LogP contribution in [0.4, 0.5) is 0 Å². The molecule has 0 saturated heterocycles. The van der Waals surface area contributed by atoms with Crippen LogP contribution >= 0.6 is 0 Å². The van der Waals surface area contributed by atoms with Gasteiger partial charge in [-0.15, -0.1) is 0 Å². The van der Waals surface area contributed by atoms with Crippen LogP contribution in [0.1, 0.15) is 36.2 Å². The summed E-state index contributed by atoms with van der Waals surface area (Å²) in [4.78, 5) is 11.3. The summed E-state index contributed by atoms with van der Waals surface area (Å²) >= 11 is 0. The third-order valence-corrected chi connectivity index (χ3v) is 1.86. The highest BCUT2D eigenvalue weighted by molar-refractivity contribution is 5.93. The van der Waals surface area contributed by atoms with E-state index in [-0.39, 0.29) is 12.4 Å². The number of furan rings is 1. The maximum absolute atomic E-state index is 11.3. The van der Waals surface area contributed by atoms with Crippen molar-refractivity contribution < 1.29 is 14.3 Å². The topological polar surface area (TPSA) is 50.4 Å². The Morgan fingerprint density at radius 2 is 2.23 bits per heavy atom. The second-order valence-electron chi connectivity index (χ2n) is 2.93. The van der Waals surface area contributed by atoms with E-state index in [2.05, 4.69) is 0 Å². The Morgan fingerprint density at radius 1 is 1.38 bits per heavy atom. The maximum Gasteiger partial charge on any atom is 0.197 e. The van der Waals surface area contributed by atoms with Crippen molar-refractivity contribution in [3.8, 4) is 0 Å². The Hall–Kier alpha value is -1.09. The van der Waals surface area contributed by atoms with E-state index < -0.39 is 0 Å². The molecule has 1 aromatic rings. The molecule has 0 bridgehead atoms. The molecule has 0 aliphatic rings. The van der Waals surface area contributed by atoms with E-state index in [0.29, 0.717) is 12.2 Å². The number of aliphatic hydroxyl groups is 1. The Labute approximate surface area is 77.4 Å². The molecule has 0 aromatic carbocycles. The molecule has 13 heavy (non-hydrogen) atoms. The number of hydrogen-bond acceptors (Lipinski definition) is 3. The fraction of sp³-hybridized carbons (Fsp3) is 0.500. The first-order chi connectivity index (χ1) is 6.34. The zero-order chi connectivity index (χ0) is 9.52. The van der Waals surface area contributed by atoms with Crippen LogP contribution in [0.2, 0.25) is 0 Å². The molecule has 1 heterocycles. The lowest BCUT2D eigenvalue weighted by molar-refractivity contribution is 0.0951. The fourth-order valence-corrected chi connectivity index (χ4v) is 1.13. The lowest BCUT2D eigenvalue weighted by Crippen LogP contribution is -1.96. The van der Waals surface area contributed by atoms with Crippen LogP contribution in [0.25, 0.3) is 0 Å². The third-order valence-electron chi connectivity index (χ3n) is 1.86. The predicted molar refractivity (Wildman–Crippen MR) is 48.6 cm³/mol. The van der Waals surface area contributed by atoms with Crippen molar-refractivity contribution in [3.05, 3.63) is 24.2 Å². The molecule has 0 aliphatic heterocycles. The Balaban J connectivity index is 2.19. The number of rotatable bonds is 6. The van der Waals surface area contributed by atoms with Crippen LogP contribution in [0, 0.1) is 0 Å². The van der Waals surface area contributed by atoms with E-state index >= 15 is 0 Å². The zero-order valence-corrected chi connectivity index (χ0v) is 7.53. The monoisotopic (exact) mass is 182 g/mol. The van der Waals surface area contributed by atoms with E-state index in [1.807, 2.05) is 0 Å². The summed E-state index contributed by atoms with van der Waals surface area (Å²) in [6.07, 6.45) is 4.49. The molecule has 0 fully saturated rings. The first kappa shape index (κ1) is 9.99. The first-order valence-corrected chi connectivity index (χ1v) is 4.52. The number of ketones is 1. The van der Waals surface area contributed by atoms with Crippen molar-refractivity contribution in [3.63, 3.8) is 0 Å². The number of hydrogen-bond donors (Lipinski definition) is 1. The van der Waals surface area contributed by atoms with Gasteiger partial charge in [0.2, 0.25) is 0 Å². The van der Waals surface area contributed by atoms with Gasteiger partial charge in [-0.2, -0.15) is 0 Å². The number of carbonyl (C=O) groups is 1. The Morgan fingerprint density at radius 3 is 2.85 bits per heavy atom. The number of carbonyl (C=O) groups excluding carboxylic acids is 1. The van der Waals surface area contributed by atoms with Gasteiger partial charge in [0.25, 0.3) is 0 Å². The molecule has 3 nitrogen and oxygen atoms in total. The minimum atomic E-state index is 0.0444. The molecule has 0 atom stereocenters. The molecule has 1 rings (SSSR count). The van der Waals surface area contributed by atoms with Crippen molar-refractivity contribution in [1.82, 2.24) is 0 Å². The van der Waals surface area contributed by atoms with Crippen molar-refractivity contribution in [2.24, 2.45) is 0 Å². The minimum Gasteiger partial charge on any atom is -0.461 e. The molecule has 0 radical (unpaired) electrons. The summed E-state index contributed by atoms with van der Waals surface area (Å²) in [6, 6.07) is 3.38. The molecule has 0 unspecified atom stereocenters. The SMILES string of the molecule is O=C(CCCCCO)c1ccco1. The summed E-state index contributed by atoms with van der Waals surface area (Å²) in [6.45, 7) is 0.203. The van der Waals surface area contributed by atoms with Gasteiger partial charge in [-0.1, -0.05) is 6.42 Å². The highest BCUT2D eigenvalue weighted by Gasteiger charge is 2.06. The number of Topliss-reactive ketones (excluding diaryl/α,β-unsaturated/α-hetero) is 1. The maximum atomic E-state index is 11.3. The van der Waals surface area contributed by atoms with Crippen LogP contribution in [0.3, 0.4) is 0 Å². The summed E-state index contributed by atoms with van der Waals surface area (Å²) in [5.74, 6) is 0.479. The molecule has 0 aliphatic carbocycles. The number of unbranched alkanes of at least 4 members (excludes halogenated alkanes) is 2. The molecule has 3 heteroatoms. The molecule has 72 valence electrons. The molecule has 1 aromatic heterocycles. The van der Waals surface area contributed by atoms with Crippen LogP contribution in [0.5, 0.6) is 0 Å². The normalized spacial score (nSPS) is 10.2. The summed E-state index contributed by atoms with van der Waals surface area (Å²) in [5.41, 5.74) is 0. The average Bonchev–Trinajstić information content (AvgIpc) is 2.65. The molecular weight excluding hydrogens is 168 g/mol. The van der Waals surface area contributed by atoms with Gasteiger partial charge >= 0.3 is 0 Å². The second-order valence-corrected chi connectivity index (χ2v) is 2.93. The summed E-state index contributed by atoms with van der Waals surface area (Å²) < 4.78 is 4.95. The van der Waals surface area contributed by atoms with Gasteiger partial charge in [0.1, 0.15) is 0 Å². The van der Waals surface area contributed by atoms with Gasteiger partial charge in [-0.25, -0.2) is 0 Å². The fourth-order valence-electron chi connectivity index (χ4n) is 1.13. The van der Waals surface area contributed by atoms with E-state index in [9.17, 15) is 4.79 Å². The highest BCUT2D eigenvalue weighted by atomic mass is 16.3. The van der Waals surface area contributed by atoms with Gasteiger partial charge in [-0.3, -0.25) is 4.79 Å². The van der Waals surface area contributed by atoms with Crippen molar-refractivity contribution >= 4 is 5.78 Å². The van der Waals surface area contributed by atoms with E-state index in [1.54, 1.807) is 12.1 Å². The molecular formula is C10H14O3. The Bertz CT molecular complexity index is 239. The highest BCUT2D eigenvalue weighted by Crippen LogP contribution is 2.08. The van der Waals surface area contributed by atoms with Gasteiger partial charge < -0.3 is 9.52 Å². The first-order valence-electron chi connectivity index (χ1n) is 4.52. The quantitative estimate of drug-likeness (QED) is 0.541. The van der Waals surface area contributed by atoms with Crippen molar-refractivity contribution in [2.75, 3.05) is 6.61 Å². The van der Waals surface area contributed by atoms with Gasteiger partial charge in [0, 0.05) is 13.0 Å². The third kappa shape index (κ3) is 3.42. The second kappa shape index (κ2) is 5.54. The van der Waals surface area contributed by atoms with Crippen molar-refractivity contribution in [2.45, 2.75) is 25.7 Å². The average molecular weight is 182 g/mol. The molecule has 0 amide bonds. The van der Waals surface area contributed by atoms with Gasteiger partial charge in [0.05, 0.1) is 6.26 Å². The van der Waals surface area contributed by atoms with Crippen LogP contribution in [-0.2, 0) is 0 Å². The Kier molecular flexibility index (Phi) is 4.26. The minimum absolute atomic E-state index is 0.0444. The van der Waals surface area contributed by atoms with E-state index in [1.165, 1.54) is 6.26 Å². The standard InChI is InChI=1S/C10H14O3/c11-7-3-1-2-5-9(12)10-6-4-8-13-10/h4,6,8,11H,1-3,5,7H2. The lowest BCUT2D eigenvalue weighted by Gasteiger charge is -1.96. The molecule has 1 N–H and O–H groups in total. The van der Waals surface area contributed by atoms with Gasteiger partial charge in [0.15, 0.2) is 11.5 Å². The van der Waals surface area contributed by atoms with Crippen LogP contribution in [-0.4, -0.2) is 17.5 Å². The van der Waals surface area contributed by atoms with E-state index in [4.69, 9.17) is 9.52 Å². The number of aliphatic hydroxyl groups excluding tert-OH is 1. The van der Waals surface area contributed by atoms with Crippen LogP contribution < -0.4 is 0 Å². The predicted octanol–water partition coefficient (Wildman–Crippen LogP) is 2.02. The zero-order valence-electron chi connectivity index (χ0n) is 7.53. The summed E-state index contributed by atoms with van der Waals surface area (Å²) in [5, 5.41) is 8.51. The smallest absolute Gasteiger partial charge is 0.197 e. The van der Waals surface area contributed by atoms with Gasteiger partial charge in [-0.05, 0) is 25.0 Å². The summed E-state index contributed by atoms with van der Waals surface area (Å²) in [7, 11) is 0. The lowest BCUT2D eigenvalue weighted by atomic mass is 10.1. The van der Waals surface area contributed by atoms with E-state index in [0.717, 1.165) is 19.3 Å². The largest absolute Gasteiger partial charge is 0.461 e. The molecule has 0 spiro atoms. The van der Waals surface area contributed by atoms with Crippen LogP contribution in [0.15, 0.2) is 22.8 Å². The van der Waals surface area contributed by atoms with Crippen molar-refractivity contribution in [1.29, 1.82) is 0 Å². The molecule has 0 saturated carbocycles.